The Kier molecular flexibility index (Phi) is 7.48. The third-order valence-corrected chi connectivity index (χ3v) is 6.03. The molecule has 1 aliphatic heterocycles. The van der Waals surface area contributed by atoms with Crippen LogP contribution in [0.2, 0.25) is 0 Å². The first kappa shape index (κ1) is 25.4. The number of nitrogens with one attached hydrogen (secondary N) is 2. The van der Waals surface area contributed by atoms with Crippen LogP contribution >= 0.6 is 0 Å². The van der Waals surface area contributed by atoms with Gasteiger partial charge in [-0.1, -0.05) is 37.3 Å². The first-order valence-corrected chi connectivity index (χ1v) is 11.9. The van der Waals surface area contributed by atoms with E-state index in [2.05, 4.69) is 10.6 Å². The van der Waals surface area contributed by atoms with Crippen LogP contribution in [0.1, 0.15) is 29.2 Å². The predicted octanol–water partition coefficient (Wildman–Crippen LogP) is 4.55. The van der Waals surface area contributed by atoms with Crippen LogP contribution in [0.25, 0.3) is 6.08 Å². The van der Waals surface area contributed by atoms with Gasteiger partial charge in [-0.25, -0.2) is 9.69 Å². The Bertz CT molecular complexity index is 1410. The van der Waals surface area contributed by atoms with Crippen LogP contribution in [-0.4, -0.2) is 30.4 Å². The number of imide groups is 2. The van der Waals surface area contributed by atoms with E-state index in [0.717, 1.165) is 28.0 Å². The summed E-state index contributed by atoms with van der Waals surface area (Å²) >= 11 is 0. The monoisotopic (exact) mass is 497 g/mol. The second kappa shape index (κ2) is 10.9. The highest BCUT2D eigenvalue weighted by atomic mass is 16.5. The molecule has 8 nitrogen and oxygen atoms in total. The number of hydrogen-bond donors (Lipinski definition) is 2. The number of urea groups is 1. The van der Waals surface area contributed by atoms with E-state index in [0.29, 0.717) is 22.7 Å². The summed E-state index contributed by atoms with van der Waals surface area (Å²) < 4.78 is 5.62. The predicted molar refractivity (Wildman–Crippen MR) is 141 cm³/mol. The molecule has 0 radical (unpaired) electrons. The van der Waals surface area contributed by atoms with E-state index in [1.165, 1.54) is 6.08 Å². The van der Waals surface area contributed by atoms with Crippen LogP contribution in [0.4, 0.5) is 16.2 Å². The average Bonchev–Trinajstić information content (AvgIpc) is 2.88. The van der Waals surface area contributed by atoms with Gasteiger partial charge in [-0.2, -0.15) is 0 Å². The van der Waals surface area contributed by atoms with Crippen LogP contribution in [0, 0.1) is 13.8 Å². The van der Waals surface area contributed by atoms with E-state index in [1.807, 2.05) is 51.1 Å². The zero-order chi connectivity index (χ0) is 26.5. The number of aryl methyl sites for hydroxylation is 3. The Hall–Kier alpha value is -4.72. The minimum absolute atomic E-state index is 0.191. The Labute approximate surface area is 214 Å². The number of barbiturate groups is 1. The van der Waals surface area contributed by atoms with Crippen molar-refractivity contribution in [1.29, 1.82) is 0 Å². The molecule has 37 heavy (non-hydrogen) atoms. The Morgan fingerprint density at radius 1 is 0.973 bits per heavy atom. The Morgan fingerprint density at radius 2 is 1.73 bits per heavy atom. The largest absolute Gasteiger partial charge is 0.484 e. The molecule has 0 spiro atoms. The van der Waals surface area contributed by atoms with Crippen molar-refractivity contribution in [2.45, 2.75) is 27.2 Å². The van der Waals surface area contributed by atoms with E-state index in [4.69, 9.17) is 4.74 Å². The van der Waals surface area contributed by atoms with Crippen molar-refractivity contribution in [2.24, 2.45) is 0 Å². The summed E-state index contributed by atoms with van der Waals surface area (Å²) in [6, 6.07) is 18.5. The van der Waals surface area contributed by atoms with Gasteiger partial charge in [-0.3, -0.25) is 19.7 Å². The minimum Gasteiger partial charge on any atom is -0.484 e. The summed E-state index contributed by atoms with van der Waals surface area (Å²) in [4.78, 5) is 51.3. The third-order valence-electron chi connectivity index (χ3n) is 6.03. The summed E-state index contributed by atoms with van der Waals surface area (Å²) in [7, 11) is 0. The molecule has 1 fully saturated rings. The van der Waals surface area contributed by atoms with Crippen LogP contribution in [-0.2, 0) is 20.8 Å². The number of hydrogen-bond acceptors (Lipinski definition) is 5. The molecule has 0 aliphatic carbocycles. The molecule has 1 heterocycles. The van der Waals surface area contributed by atoms with Gasteiger partial charge in [0, 0.05) is 5.69 Å². The minimum atomic E-state index is -0.803. The second-order valence-electron chi connectivity index (χ2n) is 8.69. The van der Waals surface area contributed by atoms with Gasteiger partial charge in [0.1, 0.15) is 11.3 Å². The molecule has 3 aromatic carbocycles. The van der Waals surface area contributed by atoms with E-state index in [1.54, 1.807) is 36.4 Å². The number of nitrogens with zero attached hydrogens (tertiary/aromatic N) is 1. The lowest BCUT2D eigenvalue weighted by molar-refractivity contribution is -0.122. The van der Waals surface area contributed by atoms with Crippen molar-refractivity contribution in [3.05, 3.63) is 94.6 Å². The van der Waals surface area contributed by atoms with E-state index in [9.17, 15) is 19.2 Å². The molecule has 0 saturated carbocycles. The zero-order valence-electron chi connectivity index (χ0n) is 20.8. The second-order valence-corrected chi connectivity index (χ2v) is 8.69. The van der Waals surface area contributed by atoms with Gasteiger partial charge in [0.15, 0.2) is 6.61 Å². The topological polar surface area (TPSA) is 105 Å². The molecular formula is C29H27N3O5. The highest BCUT2D eigenvalue weighted by Gasteiger charge is 2.36. The van der Waals surface area contributed by atoms with Gasteiger partial charge in [-0.05, 0) is 85.0 Å². The number of amides is 5. The molecule has 4 rings (SSSR count). The molecule has 0 atom stereocenters. The lowest BCUT2D eigenvalue weighted by Crippen LogP contribution is -2.54. The van der Waals surface area contributed by atoms with Gasteiger partial charge in [0.25, 0.3) is 17.7 Å². The van der Waals surface area contributed by atoms with Crippen molar-refractivity contribution in [1.82, 2.24) is 5.32 Å². The molecule has 188 valence electrons. The van der Waals surface area contributed by atoms with Crippen LogP contribution in [0.3, 0.4) is 0 Å². The summed E-state index contributed by atoms with van der Waals surface area (Å²) in [5.41, 5.74) is 4.61. The molecule has 1 saturated heterocycles. The number of benzene rings is 3. The van der Waals surface area contributed by atoms with Gasteiger partial charge in [0.05, 0.1) is 5.69 Å². The molecule has 2 N–H and O–H groups in total. The van der Waals surface area contributed by atoms with Crippen molar-refractivity contribution in [3.8, 4) is 5.75 Å². The van der Waals surface area contributed by atoms with Gasteiger partial charge in [0.2, 0.25) is 0 Å². The maximum Gasteiger partial charge on any atom is 0.335 e. The molecule has 0 unspecified atom stereocenters. The van der Waals surface area contributed by atoms with Gasteiger partial charge >= 0.3 is 6.03 Å². The summed E-state index contributed by atoms with van der Waals surface area (Å²) in [5.74, 6) is -1.44. The van der Waals surface area contributed by atoms with Crippen molar-refractivity contribution < 1.29 is 23.9 Å². The number of ether oxygens (including phenoxy) is 1. The fraction of sp³-hybridized carbons (Fsp3) is 0.172. The highest BCUT2D eigenvalue weighted by molar-refractivity contribution is 6.39. The number of anilines is 2. The molecule has 1 aliphatic rings. The Morgan fingerprint density at radius 3 is 2.43 bits per heavy atom. The van der Waals surface area contributed by atoms with E-state index in [-0.39, 0.29) is 18.1 Å². The summed E-state index contributed by atoms with van der Waals surface area (Å²) in [6.45, 7) is 5.75. The van der Waals surface area contributed by atoms with Crippen LogP contribution < -0.4 is 20.3 Å². The standard InChI is InChI=1S/C29H27N3O5/c1-4-20-9-12-23(13-10-20)32-28(35)25(27(34)31-29(32)36)16-21-6-5-7-24(15-21)37-17-26(33)30-22-11-8-18(2)19(3)14-22/h5-16H,4,17H2,1-3H3,(H,30,33)(H,31,34,36)/b25-16+. The van der Waals surface area contributed by atoms with Crippen LogP contribution in [0.15, 0.2) is 72.3 Å². The lowest BCUT2D eigenvalue weighted by atomic mass is 10.1. The van der Waals surface area contributed by atoms with Crippen molar-refractivity contribution >= 4 is 41.2 Å². The average molecular weight is 498 g/mol. The number of rotatable bonds is 7. The lowest BCUT2D eigenvalue weighted by Gasteiger charge is -2.26. The summed E-state index contributed by atoms with van der Waals surface area (Å²) in [5, 5.41) is 5.01. The maximum absolute atomic E-state index is 13.1. The van der Waals surface area contributed by atoms with E-state index >= 15 is 0 Å². The van der Waals surface area contributed by atoms with E-state index < -0.39 is 17.8 Å². The van der Waals surface area contributed by atoms with Gasteiger partial charge in [-0.15, -0.1) is 0 Å². The molecule has 3 aromatic rings. The SMILES string of the molecule is CCc1ccc(N2C(=O)NC(=O)/C(=C\c3cccc(OCC(=O)Nc4ccc(C)c(C)c4)c3)C2=O)cc1. The maximum atomic E-state index is 13.1. The fourth-order valence-corrected chi connectivity index (χ4v) is 3.80. The third kappa shape index (κ3) is 5.92. The Balaban J connectivity index is 1.47. The molecule has 0 bridgehead atoms. The normalized spacial score (nSPS) is 14.5. The van der Waals surface area contributed by atoms with Gasteiger partial charge < -0.3 is 10.1 Å². The fourth-order valence-electron chi connectivity index (χ4n) is 3.80. The number of carbonyl (C=O) groups excluding carboxylic acids is 4. The molecule has 0 aromatic heterocycles. The highest BCUT2D eigenvalue weighted by Crippen LogP contribution is 2.24. The number of carbonyl (C=O) groups is 4. The molecule has 8 heteroatoms. The summed E-state index contributed by atoms with van der Waals surface area (Å²) in [6.07, 6.45) is 2.20. The smallest absolute Gasteiger partial charge is 0.335 e. The van der Waals surface area contributed by atoms with Crippen molar-refractivity contribution in [3.63, 3.8) is 0 Å². The zero-order valence-corrected chi connectivity index (χ0v) is 20.8. The first-order chi connectivity index (χ1) is 17.7. The van der Waals surface area contributed by atoms with Crippen molar-refractivity contribution in [2.75, 3.05) is 16.8 Å². The molecule has 5 amide bonds. The first-order valence-electron chi connectivity index (χ1n) is 11.9. The molecular weight excluding hydrogens is 470 g/mol. The van der Waals surface area contributed by atoms with Crippen LogP contribution in [0.5, 0.6) is 5.75 Å². The quantitative estimate of drug-likeness (QED) is 0.368.